The quantitative estimate of drug-likeness (QED) is 0.832. The third kappa shape index (κ3) is 3.49. The highest BCUT2D eigenvalue weighted by atomic mass is 16.3. The first kappa shape index (κ1) is 13.0. The largest absolute Gasteiger partial charge is 0.389 e. The SMILES string of the molecule is CC(C)CCN(C)c1ncccc1[C@H](C)O. The van der Waals surface area contributed by atoms with Crippen molar-refractivity contribution in [1.29, 1.82) is 0 Å². The summed E-state index contributed by atoms with van der Waals surface area (Å²) >= 11 is 0. The average Bonchev–Trinajstić information content (AvgIpc) is 2.25. The predicted molar refractivity (Wildman–Crippen MR) is 67.6 cm³/mol. The summed E-state index contributed by atoms with van der Waals surface area (Å²) in [7, 11) is 2.02. The van der Waals surface area contributed by atoms with Crippen LogP contribution >= 0.6 is 0 Å². The van der Waals surface area contributed by atoms with Crippen LogP contribution in [0.4, 0.5) is 5.82 Å². The summed E-state index contributed by atoms with van der Waals surface area (Å²) in [5.74, 6) is 1.57. The maximum atomic E-state index is 9.66. The van der Waals surface area contributed by atoms with Crippen LogP contribution in [-0.4, -0.2) is 23.7 Å². The van der Waals surface area contributed by atoms with Gasteiger partial charge in [0, 0.05) is 25.4 Å². The molecule has 0 aromatic carbocycles. The van der Waals surface area contributed by atoms with Crippen LogP contribution in [0.3, 0.4) is 0 Å². The Bertz CT molecular complexity index is 323. The Labute approximate surface area is 98.1 Å². The van der Waals surface area contributed by atoms with Crippen LogP contribution in [0.1, 0.15) is 38.9 Å². The minimum absolute atomic E-state index is 0.467. The number of aliphatic hydroxyl groups is 1. The maximum Gasteiger partial charge on any atom is 0.134 e. The second-order valence-corrected chi connectivity index (χ2v) is 4.70. The van der Waals surface area contributed by atoms with Gasteiger partial charge in [-0.15, -0.1) is 0 Å². The molecule has 16 heavy (non-hydrogen) atoms. The van der Waals surface area contributed by atoms with Gasteiger partial charge >= 0.3 is 0 Å². The Hall–Kier alpha value is -1.09. The van der Waals surface area contributed by atoms with Crippen LogP contribution in [0.5, 0.6) is 0 Å². The van der Waals surface area contributed by atoms with E-state index in [1.54, 1.807) is 13.1 Å². The number of rotatable bonds is 5. The lowest BCUT2D eigenvalue weighted by atomic mass is 10.1. The van der Waals surface area contributed by atoms with E-state index in [1.165, 1.54) is 0 Å². The van der Waals surface area contributed by atoms with Gasteiger partial charge in [0.1, 0.15) is 5.82 Å². The van der Waals surface area contributed by atoms with Crippen LogP contribution in [0, 0.1) is 5.92 Å². The number of pyridine rings is 1. The van der Waals surface area contributed by atoms with Crippen LogP contribution in [0.25, 0.3) is 0 Å². The van der Waals surface area contributed by atoms with Crippen LogP contribution in [-0.2, 0) is 0 Å². The second kappa shape index (κ2) is 5.85. The molecular formula is C13H22N2O. The molecule has 0 spiro atoms. The second-order valence-electron chi connectivity index (χ2n) is 4.70. The Kier molecular flexibility index (Phi) is 4.74. The molecule has 0 saturated heterocycles. The Morgan fingerprint density at radius 3 is 2.62 bits per heavy atom. The van der Waals surface area contributed by atoms with Crippen molar-refractivity contribution in [3.63, 3.8) is 0 Å². The molecule has 1 heterocycles. The number of aromatic nitrogens is 1. The molecule has 1 aromatic heterocycles. The molecule has 3 heteroatoms. The first-order chi connectivity index (χ1) is 7.52. The predicted octanol–water partition coefficient (Wildman–Crippen LogP) is 2.62. The summed E-state index contributed by atoms with van der Waals surface area (Å²) in [6, 6.07) is 3.79. The zero-order chi connectivity index (χ0) is 12.1. The molecule has 0 unspecified atom stereocenters. The number of nitrogens with zero attached hydrogens (tertiary/aromatic N) is 2. The summed E-state index contributed by atoms with van der Waals surface area (Å²) in [6.07, 6.45) is 2.43. The van der Waals surface area contributed by atoms with Crippen LogP contribution in [0.2, 0.25) is 0 Å². The molecule has 0 bridgehead atoms. The molecule has 0 aliphatic carbocycles. The van der Waals surface area contributed by atoms with Crippen molar-refractivity contribution in [2.24, 2.45) is 5.92 Å². The monoisotopic (exact) mass is 222 g/mol. The number of hydrogen-bond donors (Lipinski definition) is 1. The van der Waals surface area contributed by atoms with Crippen molar-refractivity contribution in [3.8, 4) is 0 Å². The Balaban J connectivity index is 2.77. The topological polar surface area (TPSA) is 36.4 Å². The van der Waals surface area contributed by atoms with Gasteiger partial charge in [0.15, 0.2) is 0 Å². The van der Waals surface area contributed by atoms with Crippen molar-refractivity contribution >= 4 is 5.82 Å². The highest BCUT2D eigenvalue weighted by Crippen LogP contribution is 2.23. The molecular weight excluding hydrogens is 200 g/mol. The molecule has 90 valence electrons. The Morgan fingerprint density at radius 2 is 2.06 bits per heavy atom. The van der Waals surface area contributed by atoms with Gasteiger partial charge < -0.3 is 10.0 Å². The standard InChI is InChI=1S/C13H22N2O/c1-10(2)7-9-15(4)13-12(11(3)16)6-5-8-14-13/h5-6,8,10-11,16H,7,9H2,1-4H3/t11-/m0/s1. The van der Waals surface area contributed by atoms with E-state index in [0.717, 1.165) is 24.3 Å². The third-order valence-electron chi connectivity index (χ3n) is 2.67. The van der Waals surface area contributed by atoms with E-state index in [0.29, 0.717) is 5.92 Å². The maximum absolute atomic E-state index is 9.66. The van der Waals surface area contributed by atoms with Gasteiger partial charge in [-0.25, -0.2) is 4.98 Å². The van der Waals surface area contributed by atoms with Gasteiger partial charge in [0.05, 0.1) is 6.10 Å². The highest BCUT2D eigenvalue weighted by Gasteiger charge is 2.12. The first-order valence-corrected chi connectivity index (χ1v) is 5.86. The molecule has 0 saturated carbocycles. The lowest BCUT2D eigenvalue weighted by Gasteiger charge is -2.22. The third-order valence-corrected chi connectivity index (χ3v) is 2.67. The fraction of sp³-hybridized carbons (Fsp3) is 0.615. The normalized spacial score (nSPS) is 12.9. The molecule has 1 N–H and O–H groups in total. The number of aliphatic hydroxyl groups excluding tert-OH is 1. The Morgan fingerprint density at radius 1 is 1.38 bits per heavy atom. The molecule has 1 atom stereocenters. The smallest absolute Gasteiger partial charge is 0.134 e. The van der Waals surface area contributed by atoms with E-state index in [-0.39, 0.29) is 0 Å². The number of hydrogen-bond acceptors (Lipinski definition) is 3. The van der Waals surface area contributed by atoms with Crippen molar-refractivity contribution in [2.45, 2.75) is 33.3 Å². The van der Waals surface area contributed by atoms with Crippen molar-refractivity contribution in [1.82, 2.24) is 4.98 Å². The van der Waals surface area contributed by atoms with Crippen LogP contribution < -0.4 is 4.90 Å². The van der Waals surface area contributed by atoms with Crippen molar-refractivity contribution in [2.75, 3.05) is 18.5 Å². The zero-order valence-electron chi connectivity index (χ0n) is 10.6. The van der Waals surface area contributed by atoms with Gasteiger partial charge in [-0.1, -0.05) is 19.9 Å². The first-order valence-electron chi connectivity index (χ1n) is 5.86. The van der Waals surface area contributed by atoms with Gasteiger partial charge in [-0.3, -0.25) is 0 Å². The highest BCUT2D eigenvalue weighted by molar-refractivity contribution is 5.46. The fourth-order valence-corrected chi connectivity index (χ4v) is 1.61. The average molecular weight is 222 g/mol. The molecule has 0 radical (unpaired) electrons. The molecule has 0 amide bonds. The fourth-order valence-electron chi connectivity index (χ4n) is 1.61. The summed E-state index contributed by atoms with van der Waals surface area (Å²) in [5, 5.41) is 9.66. The van der Waals surface area contributed by atoms with E-state index < -0.39 is 6.10 Å². The van der Waals surface area contributed by atoms with E-state index in [9.17, 15) is 5.11 Å². The van der Waals surface area contributed by atoms with Crippen LogP contribution in [0.15, 0.2) is 18.3 Å². The molecule has 0 aliphatic heterocycles. The summed E-state index contributed by atoms with van der Waals surface area (Å²) in [6.45, 7) is 7.16. The van der Waals surface area contributed by atoms with E-state index >= 15 is 0 Å². The van der Waals surface area contributed by atoms with E-state index in [4.69, 9.17) is 0 Å². The molecule has 1 aromatic rings. The summed E-state index contributed by atoms with van der Waals surface area (Å²) in [5.41, 5.74) is 0.897. The summed E-state index contributed by atoms with van der Waals surface area (Å²) in [4.78, 5) is 6.46. The molecule has 0 fully saturated rings. The van der Waals surface area contributed by atoms with Gasteiger partial charge in [0.25, 0.3) is 0 Å². The molecule has 3 nitrogen and oxygen atoms in total. The van der Waals surface area contributed by atoms with Crippen molar-refractivity contribution < 1.29 is 5.11 Å². The van der Waals surface area contributed by atoms with Gasteiger partial charge in [-0.2, -0.15) is 0 Å². The number of anilines is 1. The minimum Gasteiger partial charge on any atom is -0.389 e. The zero-order valence-corrected chi connectivity index (χ0v) is 10.6. The van der Waals surface area contributed by atoms with E-state index in [2.05, 4.69) is 23.7 Å². The summed E-state index contributed by atoms with van der Waals surface area (Å²) < 4.78 is 0. The van der Waals surface area contributed by atoms with Gasteiger partial charge in [-0.05, 0) is 25.3 Å². The lowest BCUT2D eigenvalue weighted by Crippen LogP contribution is -2.22. The van der Waals surface area contributed by atoms with Gasteiger partial charge in [0.2, 0.25) is 0 Å². The molecule has 0 aliphatic rings. The molecule has 1 rings (SSSR count). The van der Waals surface area contributed by atoms with Crippen molar-refractivity contribution in [3.05, 3.63) is 23.9 Å². The van der Waals surface area contributed by atoms with E-state index in [1.807, 2.05) is 19.2 Å². The minimum atomic E-state index is -0.467. The lowest BCUT2D eigenvalue weighted by molar-refractivity contribution is 0.199.